The van der Waals surface area contributed by atoms with Crippen molar-refractivity contribution < 1.29 is 13.2 Å². The Morgan fingerprint density at radius 3 is 2.15 bits per heavy atom. The highest BCUT2D eigenvalue weighted by Gasteiger charge is 2.56. The Bertz CT molecular complexity index is 289. The van der Waals surface area contributed by atoms with Crippen molar-refractivity contribution in [2.45, 2.75) is 12.6 Å². The molecule has 0 saturated heterocycles. The van der Waals surface area contributed by atoms with E-state index in [1.165, 1.54) is 0 Å². The van der Waals surface area contributed by atoms with E-state index in [4.69, 9.17) is 0 Å². The van der Waals surface area contributed by atoms with Crippen molar-refractivity contribution in [2.75, 3.05) is 0 Å². The van der Waals surface area contributed by atoms with Crippen LogP contribution in [0, 0.1) is 11.8 Å². The standard InChI is InChI=1S/C10H8F3/c11-10(12,13)9-6-8(9)7-4-2-1-3-5-7/h1-5,9H,6H2. The quantitative estimate of drug-likeness (QED) is 0.630. The zero-order chi connectivity index (χ0) is 9.47. The van der Waals surface area contributed by atoms with Crippen LogP contribution in [-0.2, 0) is 0 Å². The van der Waals surface area contributed by atoms with Crippen LogP contribution in [0.4, 0.5) is 13.2 Å². The molecule has 1 radical (unpaired) electrons. The van der Waals surface area contributed by atoms with E-state index in [-0.39, 0.29) is 6.42 Å². The van der Waals surface area contributed by atoms with Gasteiger partial charge in [0.15, 0.2) is 0 Å². The maximum atomic E-state index is 12.2. The van der Waals surface area contributed by atoms with Gasteiger partial charge in [0.05, 0.1) is 5.92 Å². The van der Waals surface area contributed by atoms with Gasteiger partial charge in [-0.15, -0.1) is 0 Å². The van der Waals surface area contributed by atoms with Crippen molar-refractivity contribution in [1.29, 1.82) is 0 Å². The first-order chi connectivity index (χ1) is 6.09. The number of halogens is 3. The third-order valence-electron chi connectivity index (χ3n) is 2.22. The zero-order valence-electron chi connectivity index (χ0n) is 6.81. The van der Waals surface area contributed by atoms with Crippen LogP contribution in [0.1, 0.15) is 12.0 Å². The second-order valence-electron chi connectivity index (χ2n) is 3.19. The number of benzene rings is 1. The summed E-state index contributed by atoms with van der Waals surface area (Å²) >= 11 is 0. The smallest absolute Gasteiger partial charge is 0.171 e. The van der Waals surface area contributed by atoms with Crippen LogP contribution in [0.2, 0.25) is 0 Å². The van der Waals surface area contributed by atoms with Gasteiger partial charge in [-0.25, -0.2) is 0 Å². The van der Waals surface area contributed by atoms with E-state index in [2.05, 4.69) is 0 Å². The fraction of sp³-hybridized carbons (Fsp3) is 0.300. The first kappa shape index (κ1) is 8.60. The minimum Gasteiger partial charge on any atom is -0.171 e. The van der Waals surface area contributed by atoms with Crippen molar-refractivity contribution in [1.82, 2.24) is 0 Å². The van der Waals surface area contributed by atoms with E-state index in [9.17, 15) is 13.2 Å². The third-order valence-corrected chi connectivity index (χ3v) is 2.22. The Morgan fingerprint density at radius 2 is 1.69 bits per heavy atom. The Kier molecular flexibility index (Phi) is 1.82. The summed E-state index contributed by atoms with van der Waals surface area (Å²) in [5, 5.41) is 0. The summed E-state index contributed by atoms with van der Waals surface area (Å²) < 4.78 is 36.5. The molecule has 1 unspecified atom stereocenters. The molecule has 1 atom stereocenters. The van der Waals surface area contributed by atoms with Crippen LogP contribution < -0.4 is 0 Å². The molecule has 0 N–H and O–H groups in total. The van der Waals surface area contributed by atoms with Gasteiger partial charge in [-0.1, -0.05) is 30.3 Å². The molecule has 0 aliphatic heterocycles. The lowest BCUT2D eigenvalue weighted by Gasteiger charge is -2.04. The predicted molar refractivity (Wildman–Crippen MR) is 42.9 cm³/mol. The maximum absolute atomic E-state index is 12.2. The summed E-state index contributed by atoms with van der Waals surface area (Å²) in [5.74, 6) is -0.664. The van der Waals surface area contributed by atoms with Gasteiger partial charge >= 0.3 is 6.18 Å². The van der Waals surface area contributed by atoms with Crippen molar-refractivity contribution in [3.05, 3.63) is 41.8 Å². The van der Waals surface area contributed by atoms with Gasteiger partial charge in [0.2, 0.25) is 0 Å². The van der Waals surface area contributed by atoms with Crippen LogP contribution in [0.3, 0.4) is 0 Å². The molecule has 1 aromatic carbocycles. The molecule has 0 heterocycles. The van der Waals surface area contributed by atoms with E-state index in [1.807, 2.05) is 0 Å². The minimum absolute atomic E-state index is 0.174. The largest absolute Gasteiger partial charge is 0.392 e. The lowest BCUT2D eigenvalue weighted by atomic mass is 10.1. The molecule has 0 nitrogen and oxygen atoms in total. The Hall–Kier alpha value is -0.990. The predicted octanol–water partition coefficient (Wildman–Crippen LogP) is 3.19. The van der Waals surface area contributed by atoms with Crippen LogP contribution in [0.15, 0.2) is 30.3 Å². The number of hydrogen-bond donors (Lipinski definition) is 0. The molecule has 0 bridgehead atoms. The molecule has 1 aliphatic rings. The Balaban J connectivity index is 2.09. The lowest BCUT2D eigenvalue weighted by molar-refractivity contribution is -0.145. The van der Waals surface area contributed by atoms with Crippen molar-refractivity contribution >= 4 is 0 Å². The molecule has 0 amide bonds. The first-order valence-electron chi connectivity index (χ1n) is 4.07. The van der Waals surface area contributed by atoms with E-state index in [1.54, 1.807) is 30.3 Å². The molecule has 1 saturated carbocycles. The van der Waals surface area contributed by atoms with E-state index < -0.39 is 12.1 Å². The molecule has 1 aliphatic carbocycles. The van der Waals surface area contributed by atoms with E-state index in [0.717, 1.165) is 5.56 Å². The highest BCUT2D eigenvalue weighted by Crippen LogP contribution is 2.54. The molecule has 3 heteroatoms. The van der Waals surface area contributed by atoms with Gasteiger partial charge < -0.3 is 0 Å². The van der Waals surface area contributed by atoms with Crippen LogP contribution in [0.25, 0.3) is 0 Å². The van der Waals surface area contributed by atoms with E-state index in [0.29, 0.717) is 5.92 Å². The molecular formula is C10H8F3. The molecule has 13 heavy (non-hydrogen) atoms. The third kappa shape index (κ3) is 1.69. The molecule has 0 aromatic heterocycles. The average Bonchev–Trinajstić information content (AvgIpc) is 2.83. The average molecular weight is 185 g/mol. The second kappa shape index (κ2) is 2.76. The highest BCUT2D eigenvalue weighted by molar-refractivity contribution is 5.41. The Labute approximate surface area is 74.4 Å². The van der Waals surface area contributed by atoms with Gasteiger partial charge in [-0.3, -0.25) is 0 Å². The van der Waals surface area contributed by atoms with Crippen molar-refractivity contribution in [3.8, 4) is 0 Å². The van der Waals surface area contributed by atoms with Gasteiger partial charge in [0.1, 0.15) is 0 Å². The molecule has 69 valence electrons. The fourth-order valence-corrected chi connectivity index (χ4v) is 1.45. The number of rotatable bonds is 1. The summed E-state index contributed by atoms with van der Waals surface area (Å²) in [6, 6.07) is 8.76. The number of alkyl halides is 3. The summed E-state index contributed by atoms with van der Waals surface area (Å²) in [7, 11) is 0. The van der Waals surface area contributed by atoms with Crippen molar-refractivity contribution in [2.24, 2.45) is 5.92 Å². The second-order valence-corrected chi connectivity index (χ2v) is 3.19. The fourth-order valence-electron chi connectivity index (χ4n) is 1.45. The van der Waals surface area contributed by atoms with Crippen molar-refractivity contribution in [3.63, 3.8) is 0 Å². The molecule has 2 rings (SSSR count). The monoisotopic (exact) mass is 185 g/mol. The normalized spacial score (nSPS) is 23.2. The first-order valence-corrected chi connectivity index (χ1v) is 4.07. The minimum atomic E-state index is -4.05. The summed E-state index contributed by atoms with van der Waals surface area (Å²) in [5.41, 5.74) is 0.727. The number of hydrogen-bond acceptors (Lipinski definition) is 0. The molecule has 1 aromatic rings. The van der Waals surface area contributed by atoms with Crippen LogP contribution >= 0.6 is 0 Å². The summed E-state index contributed by atoms with van der Waals surface area (Å²) in [4.78, 5) is 0. The van der Waals surface area contributed by atoms with Crippen LogP contribution in [-0.4, -0.2) is 6.18 Å². The van der Waals surface area contributed by atoms with Gasteiger partial charge in [0, 0.05) is 5.92 Å². The summed E-state index contributed by atoms with van der Waals surface area (Å²) in [6.07, 6.45) is -3.88. The molecule has 1 fully saturated rings. The van der Waals surface area contributed by atoms with Gasteiger partial charge in [-0.2, -0.15) is 13.2 Å². The van der Waals surface area contributed by atoms with Gasteiger partial charge in [-0.05, 0) is 12.0 Å². The lowest BCUT2D eigenvalue weighted by Crippen LogP contribution is -2.11. The summed E-state index contributed by atoms with van der Waals surface area (Å²) in [6.45, 7) is 0. The molecular weight excluding hydrogens is 177 g/mol. The van der Waals surface area contributed by atoms with Crippen LogP contribution in [0.5, 0.6) is 0 Å². The molecule has 0 spiro atoms. The maximum Gasteiger partial charge on any atom is 0.392 e. The van der Waals surface area contributed by atoms with E-state index >= 15 is 0 Å². The van der Waals surface area contributed by atoms with Gasteiger partial charge in [0.25, 0.3) is 0 Å². The highest BCUT2D eigenvalue weighted by atomic mass is 19.4. The SMILES string of the molecule is FC(F)(F)C1C[C]1c1ccccc1. The zero-order valence-corrected chi connectivity index (χ0v) is 6.81. The topological polar surface area (TPSA) is 0 Å². The Morgan fingerprint density at radius 1 is 1.08 bits per heavy atom.